The van der Waals surface area contributed by atoms with Crippen LogP contribution in [0.4, 0.5) is 17.5 Å². The van der Waals surface area contributed by atoms with Crippen molar-refractivity contribution in [1.82, 2.24) is 15.0 Å². The first-order valence-electron chi connectivity index (χ1n) is 8.17. The van der Waals surface area contributed by atoms with Gasteiger partial charge in [-0.05, 0) is 18.2 Å². The standard InChI is InChI=1S/C17H22N6O/c1-13(2)16(24)21-14-4-5-15(20-12-14)22-8-10-23(11-9-22)17-18-6-3-7-19-17/h3-7,12-13H,8-11H2,1-2H3,(H,21,24). The van der Waals surface area contributed by atoms with Crippen molar-refractivity contribution < 1.29 is 4.79 Å². The molecular weight excluding hydrogens is 304 g/mol. The molecule has 2 aromatic rings. The molecule has 0 bridgehead atoms. The first-order chi connectivity index (χ1) is 11.6. The Hall–Kier alpha value is -2.70. The molecule has 0 spiro atoms. The monoisotopic (exact) mass is 326 g/mol. The molecule has 1 aliphatic heterocycles. The van der Waals surface area contributed by atoms with E-state index in [4.69, 9.17) is 0 Å². The zero-order chi connectivity index (χ0) is 16.9. The molecule has 0 radical (unpaired) electrons. The van der Waals surface area contributed by atoms with Crippen molar-refractivity contribution in [3.05, 3.63) is 36.8 Å². The van der Waals surface area contributed by atoms with Gasteiger partial charge < -0.3 is 15.1 Å². The fourth-order valence-corrected chi connectivity index (χ4v) is 2.52. The molecule has 3 heterocycles. The van der Waals surface area contributed by atoms with E-state index in [1.807, 2.05) is 32.0 Å². The zero-order valence-electron chi connectivity index (χ0n) is 14.0. The fraction of sp³-hybridized carbons (Fsp3) is 0.412. The van der Waals surface area contributed by atoms with Crippen LogP contribution >= 0.6 is 0 Å². The predicted molar refractivity (Wildman–Crippen MR) is 94.2 cm³/mol. The number of aromatic nitrogens is 3. The molecule has 0 saturated carbocycles. The summed E-state index contributed by atoms with van der Waals surface area (Å²) in [6.07, 6.45) is 5.24. The Morgan fingerprint density at radius 1 is 1.04 bits per heavy atom. The Balaban J connectivity index is 1.57. The summed E-state index contributed by atoms with van der Waals surface area (Å²) < 4.78 is 0. The van der Waals surface area contributed by atoms with Gasteiger partial charge in [-0.3, -0.25) is 4.79 Å². The van der Waals surface area contributed by atoms with Crippen LogP contribution in [0.5, 0.6) is 0 Å². The van der Waals surface area contributed by atoms with Gasteiger partial charge >= 0.3 is 0 Å². The lowest BCUT2D eigenvalue weighted by molar-refractivity contribution is -0.118. The molecule has 3 rings (SSSR count). The van der Waals surface area contributed by atoms with Gasteiger partial charge in [0.05, 0.1) is 11.9 Å². The molecule has 1 N–H and O–H groups in total. The number of anilines is 3. The Morgan fingerprint density at radius 2 is 1.71 bits per heavy atom. The third-order valence-electron chi connectivity index (χ3n) is 3.98. The zero-order valence-corrected chi connectivity index (χ0v) is 14.0. The lowest BCUT2D eigenvalue weighted by atomic mass is 10.2. The average molecular weight is 326 g/mol. The topological polar surface area (TPSA) is 74.2 Å². The van der Waals surface area contributed by atoms with Crippen LogP contribution in [0.1, 0.15) is 13.8 Å². The van der Waals surface area contributed by atoms with Crippen molar-refractivity contribution >= 4 is 23.4 Å². The SMILES string of the molecule is CC(C)C(=O)Nc1ccc(N2CCN(c3ncccn3)CC2)nc1. The molecule has 1 saturated heterocycles. The van der Waals surface area contributed by atoms with Crippen molar-refractivity contribution in [3.8, 4) is 0 Å². The number of pyridine rings is 1. The van der Waals surface area contributed by atoms with Crippen molar-refractivity contribution in [2.45, 2.75) is 13.8 Å². The van der Waals surface area contributed by atoms with Gasteiger partial charge in [0, 0.05) is 44.5 Å². The number of amides is 1. The Kier molecular flexibility index (Phi) is 4.88. The van der Waals surface area contributed by atoms with E-state index in [9.17, 15) is 4.79 Å². The molecule has 0 atom stereocenters. The van der Waals surface area contributed by atoms with E-state index < -0.39 is 0 Å². The summed E-state index contributed by atoms with van der Waals surface area (Å²) >= 11 is 0. The number of piperazine rings is 1. The van der Waals surface area contributed by atoms with Crippen LogP contribution in [0.2, 0.25) is 0 Å². The number of carbonyl (C=O) groups excluding carboxylic acids is 1. The second-order valence-electron chi connectivity index (χ2n) is 6.07. The number of carbonyl (C=O) groups is 1. The van der Waals surface area contributed by atoms with E-state index >= 15 is 0 Å². The maximum absolute atomic E-state index is 11.7. The summed E-state index contributed by atoms with van der Waals surface area (Å²) in [6.45, 7) is 7.18. The highest BCUT2D eigenvalue weighted by molar-refractivity contribution is 5.91. The number of hydrogen-bond acceptors (Lipinski definition) is 6. The van der Waals surface area contributed by atoms with Crippen LogP contribution in [0, 0.1) is 5.92 Å². The maximum atomic E-state index is 11.7. The highest BCUT2D eigenvalue weighted by Crippen LogP contribution is 2.18. The van der Waals surface area contributed by atoms with Crippen molar-refractivity contribution in [2.24, 2.45) is 5.92 Å². The van der Waals surface area contributed by atoms with Gasteiger partial charge in [-0.25, -0.2) is 15.0 Å². The van der Waals surface area contributed by atoms with Gasteiger partial charge in [0.25, 0.3) is 0 Å². The molecule has 0 aliphatic carbocycles. The van der Waals surface area contributed by atoms with Gasteiger partial charge in [-0.1, -0.05) is 13.8 Å². The lowest BCUT2D eigenvalue weighted by Crippen LogP contribution is -2.47. The largest absolute Gasteiger partial charge is 0.353 e. The highest BCUT2D eigenvalue weighted by atomic mass is 16.1. The summed E-state index contributed by atoms with van der Waals surface area (Å²) in [5, 5.41) is 2.86. The first-order valence-corrected chi connectivity index (χ1v) is 8.17. The van der Waals surface area contributed by atoms with Crippen molar-refractivity contribution in [2.75, 3.05) is 41.3 Å². The van der Waals surface area contributed by atoms with Gasteiger partial charge in [0.2, 0.25) is 11.9 Å². The lowest BCUT2D eigenvalue weighted by Gasteiger charge is -2.35. The number of nitrogens with zero attached hydrogens (tertiary/aromatic N) is 5. The van der Waals surface area contributed by atoms with Crippen LogP contribution in [-0.2, 0) is 4.79 Å². The Labute approximate surface area is 141 Å². The molecule has 7 heteroatoms. The minimum absolute atomic E-state index is 0.000949. The van der Waals surface area contributed by atoms with E-state index in [2.05, 4.69) is 30.1 Å². The summed E-state index contributed by atoms with van der Waals surface area (Å²) in [6, 6.07) is 5.67. The minimum atomic E-state index is -0.0436. The van der Waals surface area contributed by atoms with E-state index in [0.29, 0.717) is 0 Å². The van der Waals surface area contributed by atoms with E-state index in [-0.39, 0.29) is 11.8 Å². The van der Waals surface area contributed by atoms with Crippen LogP contribution in [0.3, 0.4) is 0 Å². The Bertz CT molecular complexity index is 665. The maximum Gasteiger partial charge on any atom is 0.226 e. The highest BCUT2D eigenvalue weighted by Gasteiger charge is 2.19. The quantitative estimate of drug-likeness (QED) is 0.923. The van der Waals surface area contributed by atoms with Crippen LogP contribution in [-0.4, -0.2) is 47.0 Å². The molecule has 0 unspecified atom stereocenters. The molecular formula is C17H22N6O. The smallest absolute Gasteiger partial charge is 0.226 e. The summed E-state index contributed by atoms with van der Waals surface area (Å²) in [5.74, 6) is 1.65. The van der Waals surface area contributed by atoms with Crippen molar-refractivity contribution in [3.63, 3.8) is 0 Å². The van der Waals surface area contributed by atoms with E-state index in [1.165, 1.54) is 0 Å². The number of rotatable bonds is 4. The molecule has 24 heavy (non-hydrogen) atoms. The first kappa shape index (κ1) is 16.2. The average Bonchev–Trinajstić information content (AvgIpc) is 2.63. The fourth-order valence-electron chi connectivity index (χ4n) is 2.52. The third-order valence-corrected chi connectivity index (χ3v) is 3.98. The van der Waals surface area contributed by atoms with E-state index in [1.54, 1.807) is 18.6 Å². The van der Waals surface area contributed by atoms with Crippen LogP contribution < -0.4 is 15.1 Å². The van der Waals surface area contributed by atoms with E-state index in [0.717, 1.165) is 43.6 Å². The summed E-state index contributed by atoms with van der Waals surface area (Å²) in [7, 11) is 0. The normalized spacial score (nSPS) is 14.8. The van der Waals surface area contributed by atoms with Gasteiger partial charge in [-0.15, -0.1) is 0 Å². The summed E-state index contributed by atoms with van der Waals surface area (Å²) in [4.78, 5) is 29.2. The predicted octanol–water partition coefficient (Wildman–Crippen LogP) is 1.79. The molecule has 1 aliphatic rings. The number of hydrogen-bond donors (Lipinski definition) is 1. The Morgan fingerprint density at radius 3 is 2.29 bits per heavy atom. The summed E-state index contributed by atoms with van der Waals surface area (Å²) in [5.41, 5.74) is 0.730. The molecule has 0 aromatic carbocycles. The second-order valence-corrected chi connectivity index (χ2v) is 6.07. The van der Waals surface area contributed by atoms with Crippen molar-refractivity contribution in [1.29, 1.82) is 0 Å². The molecule has 2 aromatic heterocycles. The third kappa shape index (κ3) is 3.79. The molecule has 7 nitrogen and oxygen atoms in total. The minimum Gasteiger partial charge on any atom is -0.353 e. The van der Waals surface area contributed by atoms with Gasteiger partial charge in [-0.2, -0.15) is 0 Å². The van der Waals surface area contributed by atoms with Gasteiger partial charge in [0.1, 0.15) is 5.82 Å². The molecule has 1 fully saturated rings. The number of nitrogens with one attached hydrogen (secondary N) is 1. The second kappa shape index (κ2) is 7.25. The molecule has 126 valence electrons. The molecule has 1 amide bonds. The van der Waals surface area contributed by atoms with Gasteiger partial charge in [0.15, 0.2) is 0 Å². The van der Waals surface area contributed by atoms with Crippen LogP contribution in [0.25, 0.3) is 0 Å². The van der Waals surface area contributed by atoms with Crippen LogP contribution in [0.15, 0.2) is 36.8 Å².